The van der Waals surface area contributed by atoms with E-state index in [1.165, 1.54) is 11.0 Å². The van der Waals surface area contributed by atoms with Crippen LogP contribution in [0.2, 0.25) is 5.02 Å². The van der Waals surface area contributed by atoms with E-state index in [-0.39, 0.29) is 17.0 Å². The molecule has 0 spiro atoms. The summed E-state index contributed by atoms with van der Waals surface area (Å²) in [5.41, 5.74) is 0.165. The van der Waals surface area contributed by atoms with Crippen molar-refractivity contribution in [3.8, 4) is 0 Å². The molecule has 1 saturated heterocycles. The van der Waals surface area contributed by atoms with Gasteiger partial charge in [0.25, 0.3) is 0 Å². The second-order valence-electron chi connectivity index (χ2n) is 5.78. The number of hydrogen-bond acceptors (Lipinski definition) is 2. The molecule has 0 aromatic heterocycles. The SMILES string of the molecule is O=C(O)N1CCC2(c3ccc(F)c(Cl)c3)CC2(CO)C1. The van der Waals surface area contributed by atoms with Gasteiger partial charge in [-0.2, -0.15) is 0 Å². The molecule has 2 unspecified atom stereocenters. The van der Waals surface area contributed by atoms with Crippen molar-refractivity contribution in [2.75, 3.05) is 19.7 Å². The fourth-order valence-electron chi connectivity index (χ4n) is 3.63. The average Bonchev–Trinajstić information content (AvgIpc) is 3.11. The average molecular weight is 300 g/mol. The van der Waals surface area contributed by atoms with Crippen LogP contribution in [0.15, 0.2) is 18.2 Å². The monoisotopic (exact) mass is 299 g/mol. The summed E-state index contributed by atoms with van der Waals surface area (Å²) in [5.74, 6) is -0.468. The number of carboxylic acid groups (broad SMARTS) is 1. The van der Waals surface area contributed by atoms with Gasteiger partial charge in [0.15, 0.2) is 0 Å². The molecule has 0 radical (unpaired) electrons. The van der Waals surface area contributed by atoms with Crippen LogP contribution in [0.3, 0.4) is 0 Å². The first-order valence-electron chi connectivity index (χ1n) is 6.48. The van der Waals surface area contributed by atoms with Crippen molar-refractivity contribution in [2.45, 2.75) is 18.3 Å². The van der Waals surface area contributed by atoms with Crippen LogP contribution in [0.1, 0.15) is 18.4 Å². The lowest BCUT2D eigenvalue weighted by molar-refractivity contribution is 0.0840. The highest BCUT2D eigenvalue weighted by Crippen LogP contribution is 2.68. The van der Waals surface area contributed by atoms with Gasteiger partial charge in [-0.3, -0.25) is 0 Å². The smallest absolute Gasteiger partial charge is 0.407 e. The first-order chi connectivity index (χ1) is 9.44. The van der Waals surface area contributed by atoms with E-state index in [4.69, 9.17) is 16.7 Å². The minimum Gasteiger partial charge on any atom is -0.465 e. The van der Waals surface area contributed by atoms with E-state index in [0.29, 0.717) is 25.9 Å². The van der Waals surface area contributed by atoms with Crippen molar-refractivity contribution >= 4 is 17.7 Å². The van der Waals surface area contributed by atoms with E-state index in [2.05, 4.69) is 0 Å². The molecule has 2 N–H and O–H groups in total. The van der Waals surface area contributed by atoms with Gasteiger partial charge in [-0.25, -0.2) is 9.18 Å². The van der Waals surface area contributed by atoms with Gasteiger partial charge in [-0.15, -0.1) is 0 Å². The summed E-state index contributed by atoms with van der Waals surface area (Å²) >= 11 is 5.84. The van der Waals surface area contributed by atoms with Gasteiger partial charge in [-0.1, -0.05) is 17.7 Å². The topological polar surface area (TPSA) is 60.8 Å². The molecule has 2 aliphatic rings. The number of amides is 1. The normalized spacial score (nSPS) is 31.9. The van der Waals surface area contributed by atoms with E-state index in [1.54, 1.807) is 12.1 Å². The molecule has 20 heavy (non-hydrogen) atoms. The number of likely N-dealkylation sites (tertiary alicyclic amines) is 1. The lowest BCUT2D eigenvalue weighted by Crippen LogP contribution is -2.45. The Kier molecular flexibility index (Phi) is 2.95. The molecule has 2 fully saturated rings. The van der Waals surface area contributed by atoms with Gasteiger partial charge in [-0.05, 0) is 30.5 Å². The molecule has 2 atom stereocenters. The molecule has 4 nitrogen and oxygen atoms in total. The molecule has 3 rings (SSSR count). The number of aliphatic hydroxyl groups excluding tert-OH is 1. The number of fused-ring (bicyclic) bond motifs is 1. The lowest BCUT2D eigenvalue weighted by atomic mass is 9.80. The van der Waals surface area contributed by atoms with Crippen LogP contribution in [-0.2, 0) is 5.41 Å². The van der Waals surface area contributed by atoms with E-state index < -0.39 is 17.3 Å². The van der Waals surface area contributed by atoms with Crippen LogP contribution in [0.4, 0.5) is 9.18 Å². The van der Waals surface area contributed by atoms with Gasteiger partial charge in [0, 0.05) is 23.9 Å². The van der Waals surface area contributed by atoms with Gasteiger partial charge >= 0.3 is 6.09 Å². The second kappa shape index (κ2) is 4.33. The first-order valence-corrected chi connectivity index (χ1v) is 6.86. The third kappa shape index (κ3) is 1.73. The molecular formula is C14H15ClFNO3. The molecule has 1 saturated carbocycles. The van der Waals surface area contributed by atoms with Crippen molar-refractivity contribution in [3.05, 3.63) is 34.6 Å². The predicted octanol–water partition coefficient (Wildman–Crippen LogP) is 2.48. The van der Waals surface area contributed by atoms with Gasteiger partial charge < -0.3 is 15.1 Å². The lowest BCUT2D eigenvalue weighted by Gasteiger charge is -2.36. The first kappa shape index (κ1) is 13.6. The van der Waals surface area contributed by atoms with Gasteiger partial charge in [0.2, 0.25) is 0 Å². The zero-order chi connectivity index (χ0) is 14.5. The molecule has 108 valence electrons. The van der Waals surface area contributed by atoms with Gasteiger partial charge in [0.1, 0.15) is 5.82 Å². The largest absolute Gasteiger partial charge is 0.465 e. The quantitative estimate of drug-likeness (QED) is 0.882. The van der Waals surface area contributed by atoms with Crippen LogP contribution in [0.25, 0.3) is 0 Å². The Labute approximate surface area is 120 Å². The van der Waals surface area contributed by atoms with Crippen molar-refractivity contribution in [1.29, 1.82) is 0 Å². The fraction of sp³-hybridized carbons (Fsp3) is 0.500. The summed E-state index contributed by atoms with van der Waals surface area (Å²) in [4.78, 5) is 12.4. The number of rotatable bonds is 2. The predicted molar refractivity (Wildman–Crippen MR) is 71.4 cm³/mol. The number of hydrogen-bond donors (Lipinski definition) is 2. The third-order valence-corrected chi connectivity index (χ3v) is 5.17. The summed E-state index contributed by atoms with van der Waals surface area (Å²) < 4.78 is 13.3. The minimum atomic E-state index is -0.963. The van der Waals surface area contributed by atoms with Crippen LogP contribution >= 0.6 is 11.6 Å². The Morgan fingerprint density at radius 2 is 2.25 bits per heavy atom. The van der Waals surface area contributed by atoms with Crippen molar-refractivity contribution in [1.82, 2.24) is 4.90 Å². The molecule has 1 aromatic carbocycles. The Morgan fingerprint density at radius 3 is 2.85 bits per heavy atom. The number of piperidine rings is 1. The van der Waals surface area contributed by atoms with Crippen molar-refractivity contribution in [3.63, 3.8) is 0 Å². The van der Waals surface area contributed by atoms with E-state index in [0.717, 1.165) is 5.56 Å². The zero-order valence-electron chi connectivity index (χ0n) is 10.8. The number of aliphatic hydroxyl groups is 1. The Morgan fingerprint density at radius 1 is 1.50 bits per heavy atom. The molecular weight excluding hydrogens is 285 g/mol. The Balaban J connectivity index is 1.94. The highest BCUT2D eigenvalue weighted by molar-refractivity contribution is 6.30. The minimum absolute atomic E-state index is 0.0660. The molecule has 1 aromatic rings. The fourth-order valence-corrected chi connectivity index (χ4v) is 3.81. The maximum absolute atomic E-state index is 13.3. The van der Waals surface area contributed by atoms with E-state index in [9.17, 15) is 14.3 Å². The molecule has 1 aliphatic carbocycles. The van der Waals surface area contributed by atoms with E-state index >= 15 is 0 Å². The third-order valence-electron chi connectivity index (χ3n) is 4.88. The summed E-state index contributed by atoms with van der Waals surface area (Å²) in [7, 11) is 0. The summed E-state index contributed by atoms with van der Waals surface area (Å²) in [6.07, 6.45) is 0.375. The van der Waals surface area contributed by atoms with Crippen molar-refractivity contribution in [2.24, 2.45) is 5.41 Å². The number of halogens is 2. The Bertz CT molecular complexity index is 582. The highest BCUT2D eigenvalue weighted by atomic mass is 35.5. The Hall–Kier alpha value is -1.33. The zero-order valence-corrected chi connectivity index (χ0v) is 11.5. The number of nitrogens with zero attached hydrogens (tertiary/aromatic N) is 1. The maximum Gasteiger partial charge on any atom is 0.407 e. The molecule has 1 amide bonds. The van der Waals surface area contributed by atoms with Crippen LogP contribution in [-0.4, -0.2) is 40.9 Å². The molecule has 0 bridgehead atoms. The van der Waals surface area contributed by atoms with E-state index in [1.807, 2.05) is 0 Å². The van der Waals surface area contributed by atoms with Gasteiger partial charge in [0.05, 0.1) is 11.6 Å². The summed E-state index contributed by atoms with van der Waals surface area (Å²) in [5, 5.41) is 18.9. The summed E-state index contributed by atoms with van der Waals surface area (Å²) in [6, 6.07) is 4.62. The van der Waals surface area contributed by atoms with Crippen LogP contribution in [0, 0.1) is 11.2 Å². The molecule has 6 heteroatoms. The highest BCUT2D eigenvalue weighted by Gasteiger charge is 2.69. The number of carbonyl (C=O) groups is 1. The number of benzene rings is 1. The van der Waals surface area contributed by atoms with Crippen LogP contribution in [0.5, 0.6) is 0 Å². The maximum atomic E-state index is 13.3. The standard InChI is InChI=1S/C14H15ClFNO3/c15-10-5-9(1-2-11(10)16)14-3-4-17(12(19)20)7-13(14,6-14)8-18/h1-2,5,18H,3-4,6-8H2,(H,19,20). The molecule has 1 heterocycles. The second-order valence-corrected chi connectivity index (χ2v) is 6.19. The van der Waals surface area contributed by atoms with Crippen molar-refractivity contribution < 1.29 is 19.4 Å². The molecule has 1 aliphatic heterocycles. The van der Waals surface area contributed by atoms with Crippen LogP contribution < -0.4 is 0 Å². The summed E-state index contributed by atoms with van der Waals surface area (Å²) in [6.45, 7) is 0.658.